The molecule has 2 heterocycles. The van der Waals surface area contributed by atoms with Crippen LogP contribution in [0.3, 0.4) is 0 Å². The van der Waals surface area contributed by atoms with Gasteiger partial charge in [-0.1, -0.05) is 41.9 Å². The van der Waals surface area contributed by atoms with Crippen LogP contribution in [0.15, 0.2) is 65.8 Å². The molecule has 33 heavy (non-hydrogen) atoms. The van der Waals surface area contributed by atoms with E-state index in [0.717, 1.165) is 0 Å². The molecule has 3 aromatic rings. The summed E-state index contributed by atoms with van der Waals surface area (Å²) in [6.45, 7) is 5.32. The van der Waals surface area contributed by atoms with Gasteiger partial charge in [0, 0.05) is 11.1 Å². The Morgan fingerprint density at radius 1 is 1.06 bits per heavy atom. The number of nitrogens with zero attached hydrogens (tertiary/aromatic N) is 3. The number of aromatic nitrogens is 2. The molecule has 2 aromatic carbocycles. The molecule has 1 aliphatic rings. The number of nitrogens with one attached hydrogen (secondary N) is 1. The smallest absolute Gasteiger partial charge is 0.268 e. The Hall–Kier alpha value is -2.85. The number of hydrogen-bond acceptors (Lipinski definition) is 6. The fourth-order valence-corrected chi connectivity index (χ4v) is 5.31. The van der Waals surface area contributed by atoms with Crippen LogP contribution in [0.25, 0.3) is 0 Å². The summed E-state index contributed by atoms with van der Waals surface area (Å²) < 4.78 is 27.8. The summed E-state index contributed by atoms with van der Waals surface area (Å²) in [4.78, 5) is 23.2. The summed E-state index contributed by atoms with van der Waals surface area (Å²) in [5, 5.41) is 11.9. The lowest BCUT2D eigenvalue weighted by atomic mass is 9.87. The van der Waals surface area contributed by atoms with Gasteiger partial charge in [0.15, 0.2) is 5.60 Å². The van der Waals surface area contributed by atoms with Gasteiger partial charge in [-0.2, -0.15) is 0 Å². The second-order valence-electron chi connectivity index (χ2n) is 8.83. The van der Waals surface area contributed by atoms with E-state index in [1.165, 1.54) is 41.6 Å². The maximum absolute atomic E-state index is 13.5. The summed E-state index contributed by atoms with van der Waals surface area (Å²) in [5.41, 5.74) is -0.925. The molecule has 1 atom stereocenters. The molecule has 0 spiro atoms. The number of carbonyl (C=O) groups excluding carboxylic acids is 1. The van der Waals surface area contributed by atoms with E-state index in [2.05, 4.69) is 14.7 Å². The Morgan fingerprint density at radius 3 is 2.33 bits per heavy atom. The van der Waals surface area contributed by atoms with Crippen molar-refractivity contribution in [3.8, 4) is 0 Å². The van der Waals surface area contributed by atoms with Gasteiger partial charge in [-0.25, -0.2) is 18.1 Å². The molecule has 0 fully saturated rings. The Labute approximate surface area is 197 Å². The van der Waals surface area contributed by atoms with Crippen LogP contribution in [0.1, 0.15) is 37.6 Å². The number of rotatable bonds is 5. The zero-order chi connectivity index (χ0) is 24.0. The van der Waals surface area contributed by atoms with Crippen molar-refractivity contribution in [3.63, 3.8) is 0 Å². The second kappa shape index (κ2) is 8.18. The molecular weight excluding hydrogens is 464 g/mol. The average molecular weight is 487 g/mol. The number of amides is 1. The molecule has 0 saturated heterocycles. The van der Waals surface area contributed by atoms with E-state index in [4.69, 9.17) is 11.6 Å². The van der Waals surface area contributed by atoms with Gasteiger partial charge in [-0.05, 0) is 44.5 Å². The molecular formula is C23H23ClN4O4S. The number of fused-ring (bicyclic) bond motifs is 1. The van der Waals surface area contributed by atoms with Crippen molar-refractivity contribution in [1.29, 1.82) is 0 Å². The van der Waals surface area contributed by atoms with Crippen molar-refractivity contribution >= 4 is 33.2 Å². The third-order valence-corrected chi connectivity index (χ3v) is 7.13. The van der Waals surface area contributed by atoms with Gasteiger partial charge in [0.25, 0.3) is 5.91 Å². The van der Waals surface area contributed by atoms with Crippen molar-refractivity contribution in [1.82, 2.24) is 14.7 Å². The zero-order valence-electron chi connectivity index (χ0n) is 18.3. The van der Waals surface area contributed by atoms with Gasteiger partial charge < -0.3 is 10.0 Å². The van der Waals surface area contributed by atoms with Crippen molar-refractivity contribution in [2.24, 2.45) is 0 Å². The first-order valence-corrected chi connectivity index (χ1v) is 12.0. The van der Waals surface area contributed by atoms with Gasteiger partial charge >= 0.3 is 0 Å². The summed E-state index contributed by atoms with van der Waals surface area (Å²) >= 11 is 5.80. The molecule has 1 unspecified atom stereocenters. The van der Waals surface area contributed by atoms with Crippen LogP contribution in [0, 0.1) is 0 Å². The number of carbonyl (C=O) groups is 1. The molecule has 8 nitrogen and oxygen atoms in total. The van der Waals surface area contributed by atoms with Gasteiger partial charge in [-0.15, -0.1) is 0 Å². The molecule has 2 N–H and O–H groups in total. The number of hydrogen-bond donors (Lipinski definition) is 2. The minimum atomic E-state index is -3.76. The first-order chi connectivity index (χ1) is 15.4. The van der Waals surface area contributed by atoms with Crippen LogP contribution >= 0.6 is 11.6 Å². The molecule has 0 saturated carbocycles. The van der Waals surface area contributed by atoms with Gasteiger partial charge in [0.05, 0.1) is 35.2 Å². The van der Waals surface area contributed by atoms with E-state index < -0.39 is 27.1 Å². The first kappa shape index (κ1) is 23.3. The van der Waals surface area contributed by atoms with Crippen molar-refractivity contribution < 1.29 is 18.3 Å². The molecule has 172 valence electrons. The maximum atomic E-state index is 13.5. The maximum Gasteiger partial charge on any atom is 0.268 e. The van der Waals surface area contributed by atoms with Crippen LogP contribution in [0.2, 0.25) is 5.15 Å². The Kier molecular flexibility index (Phi) is 5.78. The second-order valence-corrected chi connectivity index (χ2v) is 10.9. The standard InChI is InChI=1S/C23H23ClN4O4S/c1-22(2,3)27-33(31,32)17-10-8-15(9-11-17)23(30)18-6-4-5-7-19(18)28(21(23)29)14-16-12-26-20(24)13-25-16/h4-13,27,30H,14H2,1-3H3. The summed E-state index contributed by atoms with van der Waals surface area (Å²) in [6, 6.07) is 12.6. The average Bonchev–Trinajstić information content (AvgIpc) is 2.97. The minimum Gasteiger partial charge on any atom is -0.372 e. The largest absolute Gasteiger partial charge is 0.372 e. The molecule has 4 rings (SSSR count). The molecule has 0 bridgehead atoms. The fraction of sp³-hybridized carbons (Fsp3) is 0.261. The van der Waals surface area contributed by atoms with E-state index >= 15 is 0 Å². The van der Waals surface area contributed by atoms with Gasteiger partial charge in [0.2, 0.25) is 10.0 Å². The van der Waals surface area contributed by atoms with E-state index in [1.54, 1.807) is 45.0 Å². The highest BCUT2D eigenvalue weighted by atomic mass is 35.5. The molecule has 1 aromatic heterocycles. The summed E-state index contributed by atoms with van der Waals surface area (Å²) in [5.74, 6) is -0.566. The molecule has 0 aliphatic carbocycles. The zero-order valence-corrected chi connectivity index (χ0v) is 19.9. The van der Waals surface area contributed by atoms with E-state index in [9.17, 15) is 18.3 Å². The number of para-hydroxylation sites is 1. The van der Waals surface area contributed by atoms with E-state index in [0.29, 0.717) is 16.9 Å². The third-order valence-electron chi connectivity index (χ3n) is 5.16. The SMILES string of the molecule is CC(C)(C)NS(=O)(=O)c1ccc(C2(O)C(=O)N(Cc3cnc(Cl)cn3)c3ccccc32)cc1. The Bertz CT molecular complexity index is 1310. The van der Waals surface area contributed by atoms with E-state index in [-0.39, 0.29) is 22.2 Å². The predicted octanol–water partition coefficient (Wildman–Crippen LogP) is 2.99. The number of halogens is 1. The molecule has 10 heteroatoms. The Morgan fingerprint density at radius 2 is 1.73 bits per heavy atom. The van der Waals surface area contributed by atoms with Crippen molar-refractivity contribution in [2.45, 2.75) is 43.4 Å². The normalized spacial score (nSPS) is 18.5. The quantitative estimate of drug-likeness (QED) is 0.573. The number of anilines is 1. The highest BCUT2D eigenvalue weighted by molar-refractivity contribution is 7.89. The molecule has 1 amide bonds. The van der Waals surface area contributed by atoms with E-state index in [1.807, 2.05) is 0 Å². The van der Waals surface area contributed by atoms with Crippen LogP contribution in [0.5, 0.6) is 0 Å². The topological polar surface area (TPSA) is 112 Å². The van der Waals surface area contributed by atoms with Crippen molar-refractivity contribution in [2.75, 3.05) is 4.90 Å². The van der Waals surface area contributed by atoms with Crippen LogP contribution in [-0.4, -0.2) is 34.9 Å². The highest BCUT2D eigenvalue weighted by Crippen LogP contribution is 2.45. The van der Waals surface area contributed by atoms with Crippen LogP contribution in [0.4, 0.5) is 5.69 Å². The monoisotopic (exact) mass is 486 g/mol. The highest BCUT2D eigenvalue weighted by Gasteiger charge is 2.51. The summed E-state index contributed by atoms with van der Waals surface area (Å²) in [6.07, 6.45) is 2.86. The Balaban J connectivity index is 1.71. The molecule has 1 aliphatic heterocycles. The lowest BCUT2D eigenvalue weighted by molar-refractivity contribution is -0.132. The number of sulfonamides is 1. The lowest BCUT2D eigenvalue weighted by Gasteiger charge is -2.24. The number of benzene rings is 2. The summed E-state index contributed by atoms with van der Waals surface area (Å²) in [7, 11) is -3.76. The molecule has 0 radical (unpaired) electrons. The first-order valence-electron chi connectivity index (χ1n) is 10.2. The predicted molar refractivity (Wildman–Crippen MR) is 124 cm³/mol. The van der Waals surface area contributed by atoms with Gasteiger partial charge in [0.1, 0.15) is 5.15 Å². The third kappa shape index (κ3) is 4.37. The van der Waals surface area contributed by atoms with Crippen LogP contribution < -0.4 is 9.62 Å². The lowest BCUT2D eigenvalue weighted by Crippen LogP contribution is -2.41. The number of aliphatic hydroxyl groups is 1. The van der Waals surface area contributed by atoms with Crippen molar-refractivity contribution in [3.05, 3.63) is 82.9 Å². The fourth-order valence-electron chi connectivity index (χ4n) is 3.79. The van der Waals surface area contributed by atoms with Gasteiger partial charge in [-0.3, -0.25) is 9.78 Å². The van der Waals surface area contributed by atoms with Crippen LogP contribution in [-0.2, 0) is 27.0 Å². The minimum absolute atomic E-state index is 0.0387.